The molecule has 0 amide bonds. The maximum atomic E-state index is 4.38. The van der Waals surface area contributed by atoms with E-state index in [0.29, 0.717) is 0 Å². The molecule has 1 aromatic carbocycles. The second-order valence-corrected chi connectivity index (χ2v) is 4.07. The van der Waals surface area contributed by atoms with Gasteiger partial charge in [0.2, 0.25) is 0 Å². The SMILES string of the molecule is CCc1cnc(-c2ccc(C)c(C)c2)nc1. The molecule has 0 aliphatic carbocycles. The molecule has 0 aliphatic heterocycles. The van der Waals surface area contributed by atoms with Gasteiger partial charge in [-0.25, -0.2) is 9.97 Å². The number of hydrogen-bond acceptors (Lipinski definition) is 2. The van der Waals surface area contributed by atoms with Gasteiger partial charge in [-0.3, -0.25) is 0 Å². The van der Waals surface area contributed by atoms with E-state index in [1.165, 1.54) is 16.7 Å². The Bertz CT molecular complexity index is 487. The molecule has 0 saturated carbocycles. The summed E-state index contributed by atoms with van der Waals surface area (Å²) in [5.41, 5.74) is 4.84. The van der Waals surface area contributed by atoms with E-state index in [1.54, 1.807) is 0 Å². The van der Waals surface area contributed by atoms with Crippen molar-refractivity contribution < 1.29 is 0 Å². The molecule has 0 spiro atoms. The number of rotatable bonds is 2. The van der Waals surface area contributed by atoms with Crippen molar-refractivity contribution in [3.8, 4) is 11.4 Å². The summed E-state index contributed by atoms with van der Waals surface area (Å²) >= 11 is 0. The molecule has 82 valence electrons. The Morgan fingerprint density at radius 3 is 2.25 bits per heavy atom. The number of nitrogens with zero attached hydrogens (tertiary/aromatic N) is 2. The molecule has 0 fully saturated rings. The highest BCUT2D eigenvalue weighted by atomic mass is 14.9. The third-order valence-corrected chi connectivity index (χ3v) is 2.88. The van der Waals surface area contributed by atoms with Gasteiger partial charge in [0.05, 0.1) is 0 Å². The van der Waals surface area contributed by atoms with Crippen LogP contribution < -0.4 is 0 Å². The lowest BCUT2D eigenvalue weighted by molar-refractivity contribution is 1.05. The summed E-state index contributed by atoms with van der Waals surface area (Å²) in [5.74, 6) is 0.806. The summed E-state index contributed by atoms with van der Waals surface area (Å²) in [6, 6.07) is 6.32. The summed E-state index contributed by atoms with van der Waals surface area (Å²) in [6.45, 7) is 6.33. The lowest BCUT2D eigenvalue weighted by atomic mass is 10.1. The predicted octanol–water partition coefficient (Wildman–Crippen LogP) is 3.32. The van der Waals surface area contributed by atoms with Crippen molar-refractivity contribution in [3.05, 3.63) is 47.3 Å². The number of hydrogen-bond donors (Lipinski definition) is 0. The zero-order valence-corrected chi connectivity index (χ0v) is 9.99. The van der Waals surface area contributed by atoms with Crippen LogP contribution in [0.4, 0.5) is 0 Å². The number of benzene rings is 1. The molecule has 2 heteroatoms. The van der Waals surface area contributed by atoms with Gasteiger partial charge in [0.1, 0.15) is 0 Å². The van der Waals surface area contributed by atoms with Crippen LogP contribution >= 0.6 is 0 Å². The standard InChI is InChI=1S/C14H16N2/c1-4-12-8-15-14(16-9-12)13-6-5-10(2)11(3)7-13/h5-9H,4H2,1-3H3. The highest BCUT2D eigenvalue weighted by molar-refractivity contribution is 5.56. The average molecular weight is 212 g/mol. The van der Waals surface area contributed by atoms with Crippen LogP contribution in [0.25, 0.3) is 11.4 Å². The van der Waals surface area contributed by atoms with E-state index in [-0.39, 0.29) is 0 Å². The highest BCUT2D eigenvalue weighted by Crippen LogP contribution is 2.18. The fourth-order valence-corrected chi connectivity index (χ4v) is 1.57. The van der Waals surface area contributed by atoms with Crippen LogP contribution in [0.1, 0.15) is 23.6 Å². The second-order valence-electron chi connectivity index (χ2n) is 4.07. The third kappa shape index (κ3) is 2.11. The van der Waals surface area contributed by atoms with Crippen LogP contribution in [-0.4, -0.2) is 9.97 Å². The summed E-state index contributed by atoms with van der Waals surface area (Å²) in [4.78, 5) is 8.76. The van der Waals surface area contributed by atoms with E-state index in [0.717, 1.165) is 17.8 Å². The van der Waals surface area contributed by atoms with Crippen LogP contribution in [0.15, 0.2) is 30.6 Å². The van der Waals surface area contributed by atoms with Gasteiger partial charge >= 0.3 is 0 Å². The largest absolute Gasteiger partial charge is 0.236 e. The molecule has 0 unspecified atom stereocenters. The normalized spacial score (nSPS) is 10.4. The first kappa shape index (κ1) is 10.8. The van der Waals surface area contributed by atoms with Gasteiger partial charge in [0.25, 0.3) is 0 Å². The van der Waals surface area contributed by atoms with Gasteiger partial charge in [0.15, 0.2) is 5.82 Å². The van der Waals surface area contributed by atoms with Gasteiger partial charge in [-0.2, -0.15) is 0 Å². The van der Waals surface area contributed by atoms with Crippen molar-refractivity contribution in [2.45, 2.75) is 27.2 Å². The van der Waals surface area contributed by atoms with E-state index >= 15 is 0 Å². The molecule has 2 aromatic rings. The molecule has 16 heavy (non-hydrogen) atoms. The Morgan fingerprint density at radius 1 is 1.00 bits per heavy atom. The quantitative estimate of drug-likeness (QED) is 0.763. The Balaban J connectivity index is 2.38. The molecule has 0 atom stereocenters. The van der Waals surface area contributed by atoms with Gasteiger partial charge < -0.3 is 0 Å². The van der Waals surface area contributed by atoms with Crippen LogP contribution in [0.5, 0.6) is 0 Å². The molecule has 2 rings (SSSR count). The maximum Gasteiger partial charge on any atom is 0.159 e. The van der Waals surface area contributed by atoms with E-state index in [4.69, 9.17) is 0 Å². The molecule has 0 bridgehead atoms. The molecular weight excluding hydrogens is 196 g/mol. The molecule has 0 aliphatic rings. The molecule has 1 aromatic heterocycles. The third-order valence-electron chi connectivity index (χ3n) is 2.88. The minimum atomic E-state index is 0.806. The first-order valence-electron chi connectivity index (χ1n) is 5.59. The first-order chi connectivity index (χ1) is 7.70. The molecule has 2 nitrogen and oxygen atoms in total. The van der Waals surface area contributed by atoms with Crippen LogP contribution in [0, 0.1) is 13.8 Å². The molecule has 0 radical (unpaired) electrons. The lowest BCUT2D eigenvalue weighted by Gasteiger charge is -2.04. The topological polar surface area (TPSA) is 25.8 Å². The van der Waals surface area contributed by atoms with E-state index < -0.39 is 0 Å². The smallest absolute Gasteiger partial charge is 0.159 e. The fourth-order valence-electron chi connectivity index (χ4n) is 1.57. The van der Waals surface area contributed by atoms with Crippen LogP contribution in [0.2, 0.25) is 0 Å². The van der Waals surface area contributed by atoms with Crippen molar-refractivity contribution >= 4 is 0 Å². The van der Waals surface area contributed by atoms with Gasteiger partial charge in [-0.15, -0.1) is 0 Å². The number of aromatic nitrogens is 2. The minimum absolute atomic E-state index is 0.806. The molecular formula is C14H16N2. The second kappa shape index (κ2) is 4.44. The van der Waals surface area contributed by atoms with Gasteiger partial charge in [0, 0.05) is 18.0 Å². The van der Waals surface area contributed by atoms with Gasteiger partial charge in [-0.05, 0) is 43.0 Å². The minimum Gasteiger partial charge on any atom is -0.236 e. The maximum absolute atomic E-state index is 4.38. The zero-order valence-electron chi connectivity index (χ0n) is 9.99. The monoisotopic (exact) mass is 212 g/mol. The summed E-state index contributed by atoms with van der Waals surface area (Å²) < 4.78 is 0. The van der Waals surface area contributed by atoms with Crippen molar-refractivity contribution in [1.29, 1.82) is 0 Å². The predicted molar refractivity (Wildman–Crippen MR) is 66.3 cm³/mol. The van der Waals surface area contributed by atoms with E-state index in [2.05, 4.69) is 48.9 Å². The van der Waals surface area contributed by atoms with Crippen LogP contribution in [-0.2, 0) is 6.42 Å². The van der Waals surface area contributed by atoms with Gasteiger partial charge in [-0.1, -0.05) is 19.1 Å². The molecule has 0 saturated heterocycles. The lowest BCUT2D eigenvalue weighted by Crippen LogP contribution is -1.92. The average Bonchev–Trinajstić information content (AvgIpc) is 2.33. The van der Waals surface area contributed by atoms with E-state index in [1.807, 2.05) is 12.4 Å². The van der Waals surface area contributed by atoms with E-state index in [9.17, 15) is 0 Å². The Hall–Kier alpha value is -1.70. The van der Waals surface area contributed by atoms with Crippen molar-refractivity contribution in [2.75, 3.05) is 0 Å². The van der Waals surface area contributed by atoms with Crippen molar-refractivity contribution in [3.63, 3.8) is 0 Å². The first-order valence-corrected chi connectivity index (χ1v) is 5.59. The molecule has 0 N–H and O–H groups in total. The Labute approximate surface area is 96.4 Å². The summed E-state index contributed by atoms with van der Waals surface area (Å²) in [7, 11) is 0. The zero-order chi connectivity index (χ0) is 11.5. The van der Waals surface area contributed by atoms with Crippen LogP contribution in [0.3, 0.4) is 0 Å². The Kier molecular flexibility index (Phi) is 3.00. The highest BCUT2D eigenvalue weighted by Gasteiger charge is 2.02. The Morgan fingerprint density at radius 2 is 1.69 bits per heavy atom. The summed E-state index contributed by atoms with van der Waals surface area (Å²) in [5, 5.41) is 0. The number of aryl methyl sites for hydroxylation is 3. The van der Waals surface area contributed by atoms with Crippen molar-refractivity contribution in [2.24, 2.45) is 0 Å². The summed E-state index contributed by atoms with van der Waals surface area (Å²) in [6.07, 6.45) is 4.78. The fraction of sp³-hybridized carbons (Fsp3) is 0.286. The van der Waals surface area contributed by atoms with Crippen molar-refractivity contribution in [1.82, 2.24) is 9.97 Å². The molecule has 1 heterocycles.